The van der Waals surface area contributed by atoms with Gasteiger partial charge in [-0.3, -0.25) is 0 Å². The van der Waals surface area contributed by atoms with Crippen LogP contribution in [0.1, 0.15) is 99.6 Å². The third-order valence-electron chi connectivity index (χ3n) is 12.2. The van der Waals surface area contributed by atoms with Crippen molar-refractivity contribution in [2.75, 3.05) is 0 Å². The van der Waals surface area contributed by atoms with Gasteiger partial charge in [0.15, 0.2) is 0 Å². The molecule has 0 amide bonds. The highest BCUT2D eigenvalue weighted by Crippen LogP contribution is 2.62. The zero-order valence-corrected chi connectivity index (χ0v) is 30.3. The lowest BCUT2D eigenvalue weighted by Crippen LogP contribution is -2.20. The largest absolute Gasteiger partial charge is 0.0761 e. The molecule has 0 nitrogen and oxygen atoms in total. The van der Waals surface area contributed by atoms with Crippen LogP contribution in [-0.4, -0.2) is 0 Å². The van der Waals surface area contributed by atoms with E-state index in [4.69, 9.17) is 0 Å². The Bertz CT molecular complexity index is 2540. The van der Waals surface area contributed by atoms with Gasteiger partial charge >= 0.3 is 0 Å². The Morgan fingerprint density at radius 3 is 1.82 bits per heavy atom. The summed E-state index contributed by atoms with van der Waals surface area (Å²) in [4.78, 5) is 0. The van der Waals surface area contributed by atoms with Crippen LogP contribution in [0.5, 0.6) is 0 Å². The number of fused-ring (bicyclic) bond motifs is 8. The molecular weight excluding hydrogens is 601 g/mol. The molecule has 4 aliphatic rings. The average Bonchev–Trinajstić information content (AvgIpc) is 3.59. The number of allylic oxidation sites excluding steroid dienone is 8. The molecule has 0 N–H and O–H groups in total. The third-order valence-corrected chi connectivity index (χ3v) is 12.2. The van der Waals surface area contributed by atoms with Crippen LogP contribution in [0.4, 0.5) is 0 Å². The zero-order chi connectivity index (χ0) is 34.2. The van der Waals surface area contributed by atoms with Crippen molar-refractivity contribution in [3.63, 3.8) is 0 Å². The van der Waals surface area contributed by atoms with Crippen molar-refractivity contribution < 1.29 is 0 Å². The molecule has 6 aromatic rings. The van der Waals surface area contributed by atoms with E-state index < -0.39 is 0 Å². The fourth-order valence-corrected chi connectivity index (χ4v) is 10.1. The second-order valence-corrected chi connectivity index (χ2v) is 16.8. The predicted octanol–water partition coefficient (Wildman–Crippen LogP) is 14.0. The maximum atomic E-state index is 2.52. The average molecular weight is 645 g/mol. The lowest BCUT2D eigenvalue weighted by molar-refractivity contribution is 0.587. The summed E-state index contributed by atoms with van der Waals surface area (Å²) in [6.07, 6.45) is 11.8. The van der Waals surface area contributed by atoms with Crippen LogP contribution in [-0.2, 0) is 5.41 Å². The van der Waals surface area contributed by atoms with E-state index in [-0.39, 0.29) is 11.3 Å². The topological polar surface area (TPSA) is 0 Å². The summed E-state index contributed by atoms with van der Waals surface area (Å²) in [7, 11) is 0. The molecule has 10 rings (SSSR count). The van der Waals surface area contributed by atoms with E-state index in [0.29, 0.717) is 17.8 Å². The summed E-state index contributed by atoms with van der Waals surface area (Å²) < 4.78 is 0. The van der Waals surface area contributed by atoms with Crippen LogP contribution in [0.25, 0.3) is 65.7 Å². The molecule has 0 saturated heterocycles. The van der Waals surface area contributed by atoms with Gasteiger partial charge in [-0.1, -0.05) is 152 Å². The Kier molecular flexibility index (Phi) is 6.17. The van der Waals surface area contributed by atoms with Gasteiger partial charge in [-0.25, -0.2) is 0 Å². The Balaban J connectivity index is 1.28. The van der Waals surface area contributed by atoms with Gasteiger partial charge in [-0.2, -0.15) is 0 Å². The van der Waals surface area contributed by atoms with Crippen LogP contribution in [0.15, 0.2) is 121 Å². The number of rotatable bonds is 3. The van der Waals surface area contributed by atoms with Crippen molar-refractivity contribution in [2.24, 2.45) is 5.92 Å². The monoisotopic (exact) mass is 644 g/mol. The molecule has 0 bridgehead atoms. The fraction of sp³-hybridized carbons (Fsp3) is 0.240. The molecule has 50 heavy (non-hydrogen) atoms. The van der Waals surface area contributed by atoms with Gasteiger partial charge < -0.3 is 0 Å². The molecule has 0 spiro atoms. The molecule has 0 aliphatic heterocycles. The minimum atomic E-state index is 0.0908. The predicted molar refractivity (Wildman–Crippen MR) is 216 cm³/mol. The summed E-state index contributed by atoms with van der Waals surface area (Å²) in [6.45, 7) is 16.6. The van der Waals surface area contributed by atoms with Crippen molar-refractivity contribution >= 4 is 43.5 Å². The number of benzene rings is 6. The van der Waals surface area contributed by atoms with E-state index in [1.807, 2.05) is 0 Å². The first-order valence-electron chi connectivity index (χ1n) is 18.7. The second kappa shape index (κ2) is 10.3. The van der Waals surface area contributed by atoms with Crippen molar-refractivity contribution in [1.29, 1.82) is 0 Å². The molecule has 0 radical (unpaired) electrons. The molecule has 0 heterocycles. The van der Waals surface area contributed by atoms with Gasteiger partial charge in [0.25, 0.3) is 0 Å². The maximum absolute atomic E-state index is 2.52. The van der Waals surface area contributed by atoms with Gasteiger partial charge in [0.1, 0.15) is 0 Å². The highest BCUT2D eigenvalue weighted by atomic mass is 14.4. The standard InChI is InChI=1S/C50H44/c1-27(2)42-40-24-29-13-8-9-14-30(29)25-41(40)43(28(3)4)49-38-22-21-36-45-35(19-20-37(46(38)45)48(42)49)39-26-31-15-10-11-18-34(31)44(47(36)39)32-16-12-17-33(23-32)50(5,6)7/h8-28,34,44H,1-7H3. The molecule has 0 heteroatoms. The minimum Gasteiger partial charge on any atom is -0.0761 e. The Morgan fingerprint density at radius 2 is 1.20 bits per heavy atom. The fourth-order valence-electron chi connectivity index (χ4n) is 10.1. The smallest absolute Gasteiger partial charge is 0.0205 e. The Labute approximate surface area is 296 Å². The van der Waals surface area contributed by atoms with Crippen molar-refractivity contribution in [3.8, 4) is 22.3 Å². The third kappa shape index (κ3) is 3.94. The van der Waals surface area contributed by atoms with Crippen molar-refractivity contribution in [2.45, 2.75) is 71.6 Å². The van der Waals surface area contributed by atoms with E-state index in [9.17, 15) is 0 Å². The number of hydrogen-bond donors (Lipinski definition) is 0. The van der Waals surface area contributed by atoms with Crippen LogP contribution >= 0.6 is 0 Å². The van der Waals surface area contributed by atoms with Gasteiger partial charge in [0, 0.05) is 11.8 Å². The summed E-state index contributed by atoms with van der Waals surface area (Å²) in [5.74, 6) is 1.35. The SMILES string of the molecule is CC(C)c1c2c(c(C(C)C)c3cc4ccccc4cc13)-c1ccc3c4c(ccc-2c14)C1=C3C(c2cccc(C(C)(C)C)c2)C2C=CC=CC2=C1. The van der Waals surface area contributed by atoms with E-state index in [1.54, 1.807) is 0 Å². The van der Waals surface area contributed by atoms with E-state index in [0.717, 1.165) is 0 Å². The van der Waals surface area contributed by atoms with Gasteiger partial charge in [-0.15, -0.1) is 0 Å². The molecule has 0 fully saturated rings. The zero-order valence-electron chi connectivity index (χ0n) is 30.3. The van der Waals surface area contributed by atoms with E-state index >= 15 is 0 Å². The first kappa shape index (κ1) is 29.9. The van der Waals surface area contributed by atoms with Crippen LogP contribution in [0.3, 0.4) is 0 Å². The molecule has 2 unspecified atom stereocenters. The lowest BCUT2D eigenvalue weighted by atomic mass is 9.68. The van der Waals surface area contributed by atoms with Gasteiger partial charge in [-0.05, 0) is 134 Å². The van der Waals surface area contributed by atoms with Crippen LogP contribution in [0, 0.1) is 5.92 Å². The second-order valence-electron chi connectivity index (χ2n) is 16.8. The van der Waals surface area contributed by atoms with Gasteiger partial charge in [0.05, 0.1) is 0 Å². The highest BCUT2D eigenvalue weighted by Gasteiger charge is 2.41. The molecule has 2 atom stereocenters. The first-order valence-corrected chi connectivity index (χ1v) is 18.7. The normalized spacial score (nSPS) is 18.5. The number of hydrogen-bond acceptors (Lipinski definition) is 0. The summed E-state index contributed by atoms with van der Waals surface area (Å²) in [5.41, 5.74) is 18.9. The molecule has 0 aromatic heterocycles. The highest BCUT2D eigenvalue weighted by molar-refractivity contribution is 6.28. The molecular formula is C50H44. The molecule has 4 aliphatic carbocycles. The Hall–Kier alpha value is -4.94. The van der Waals surface area contributed by atoms with E-state index in [1.165, 1.54) is 105 Å². The molecule has 6 aromatic carbocycles. The first-order chi connectivity index (χ1) is 24.1. The van der Waals surface area contributed by atoms with E-state index in [2.05, 4.69) is 164 Å². The van der Waals surface area contributed by atoms with Crippen LogP contribution in [0.2, 0.25) is 0 Å². The summed E-state index contributed by atoms with van der Waals surface area (Å²) >= 11 is 0. The van der Waals surface area contributed by atoms with Crippen molar-refractivity contribution in [3.05, 3.63) is 154 Å². The van der Waals surface area contributed by atoms with Crippen LogP contribution < -0.4 is 0 Å². The summed E-state index contributed by atoms with van der Waals surface area (Å²) in [5, 5.41) is 8.41. The lowest BCUT2D eigenvalue weighted by Gasteiger charge is -2.34. The molecule has 244 valence electrons. The molecule has 0 saturated carbocycles. The minimum absolute atomic E-state index is 0.0908. The maximum Gasteiger partial charge on any atom is 0.0205 e. The summed E-state index contributed by atoms with van der Waals surface area (Å²) in [6, 6.07) is 33.3. The Morgan fingerprint density at radius 1 is 0.600 bits per heavy atom. The van der Waals surface area contributed by atoms with Gasteiger partial charge in [0.2, 0.25) is 0 Å². The van der Waals surface area contributed by atoms with Crippen molar-refractivity contribution in [1.82, 2.24) is 0 Å². The quantitative estimate of drug-likeness (QED) is 0.168.